The summed E-state index contributed by atoms with van der Waals surface area (Å²) in [6.45, 7) is 4.96. The van der Waals surface area contributed by atoms with Crippen molar-refractivity contribution in [2.75, 3.05) is 31.2 Å². The number of nitrogens with one attached hydrogen (secondary N) is 1. The second-order valence-electron chi connectivity index (χ2n) is 5.96. The molecule has 1 N–H and O–H groups in total. The van der Waals surface area contributed by atoms with E-state index in [9.17, 15) is 8.42 Å². The third-order valence-electron chi connectivity index (χ3n) is 4.20. The van der Waals surface area contributed by atoms with Gasteiger partial charge >= 0.3 is 0 Å². The van der Waals surface area contributed by atoms with Crippen molar-refractivity contribution in [2.45, 2.75) is 30.7 Å². The van der Waals surface area contributed by atoms with E-state index in [-0.39, 0.29) is 4.90 Å². The van der Waals surface area contributed by atoms with Gasteiger partial charge in [-0.25, -0.2) is 18.4 Å². The van der Waals surface area contributed by atoms with E-state index in [2.05, 4.69) is 27.1 Å². The molecule has 23 heavy (non-hydrogen) atoms. The zero-order chi connectivity index (χ0) is 16.4. The van der Waals surface area contributed by atoms with Gasteiger partial charge in [0, 0.05) is 30.8 Å². The van der Waals surface area contributed by atoms with Crippen molar-refractivity contribution in [3.05, 3.63) is 24.5 Å². The van der Waals surface area contributed by atoms with Crippen LogP contribution >= 0.6 is 0 Å². The Morgan fingerprint density at radius 2 is 2.09 bits per heavy atom. The highest BCUT2D eigenvalue weighted by molar-refractivity contribution is 7.90. The number of nitrogens with zero attached hydrogens (tertiary/aromatic N) is 3. The Kier molecular flexibility index (Phi) is 4.50. The maximum atomic E-state index is 11.7. The van der Waals surface area contributed by atoms with Gasteiger partial charge < -0.3 is 5.32 Å². The highest BCUT2D eigenvalue weighted by Gasteiger charge is 2.27. The van der Waals surface area contributed by atoms with Gasteiger partial charge in [0.05, 0.1) is 10.4 Å². The minimum absolute atomic E-state index is 0.288. The van der Waals surface area contributed by atoms with Crippen molar-refractivity contribution in [1.29, 1.82) is 0 Å². The topological polar surface area (TPSA) is 75.2 Å². The van der Waals surface area contributed by atoms with Crippen molar-refractivity contribution in [2.24, 2.45) is 0 Å². The Labute approximate surface area is 136 Å². The molecule has 6 nitrogen and oxygen atoms in total. The van der Waals surface area contributed by atoms with Crippen molar-refractivity contribution < 1.29 is 8.42 Å². The molecule has 0 unspecified atom stereocenters. The summed E-state index contributed by atoms with van der Waals surface area (Å²) in [5.74, 6) is 0.687. The Balaban J connectivity index is 1.79. The van der Waals surface area contributed by atoms with Crippen molar-refractivity contribution in [1.82, 2.24) is 14.9 Å². The van der Waals surface area contributed by atoms with Gasteiger partial charge in [-0.05, 0) is 37.6 Å². The minimum atomic E-state index is -3.24. The summed E-state index contributed by atoms with van der Waals surface area (Å²) in [5.41, 5.74) is 0.740. The number of fused-ring (bicyclic) bond motifs is 1. The number of aromatic nitrogens is 2. The van der Waals surface area contributed by atoms with E-state index >= 15 is 0 Å². The van der Waals surface area contributed by atoms with E-state index in [1.165, 1.54) is 25.4 Å². The molecule has 0 bridgehead atoms. The molecule has 1 aliphatic rings. The van der Waals surface area contributed by atoms with Gasteiger partial charge in [-0.3, -0.25) is 4.90 Å². The first-order valence-electron chi connectivity index (χ1n) is 7.92. The standard InChI is InChI=1S/C16H22N4O2S/c1-3-20(12-4-5-12)9-8-17-16-14-10-13(23(2,21)22)6-7-15(14)18-11-19-16/h6-7,10-12H,3-5,8-9H2,1-2H3,(H,17,18,19). The van der Waals surface area contributed by atoms with E-state index in [0.717, 1.165) is 36.6 Å². The SMILES string of the molecule is CCN(CCNc1ncnc2ccc(S(C)(=O)=O)cc12)C1CC1. The van der Waals surface area contributed by atoms with Crippen LogP contribution in [0.3, 0.4) is 0 Å². The molecule has 124 valence electrons. The molecular weight excluding hydrogens is 312 g/mol. The highest BCUT2D eigenvalue weighted by atomic mass is 32.2. The summed E-state index contributed by atoms with van der Waals surface area (Å²) in [4.78, 5) is 11.2. The van der Waals surface area contributed by atoms with Crippen LogP contribution in [0, 0.1) is 0 Å². The molecular formula is C16H22N4O2S. The summed E-state index contributed by atoms with van der Waals surface area (Å²) >= 11 is 0. The largest absolute Gasteiger partial charge is 0.368 e. The fourth-order valence-corrected chi connectivity index (χ4v) is 3.41. The molecule has 1 aliphatic carbocycles. The van der Waals surface area contributed by atoms with Gasteiger partial charge in [-0.2, -0.15) is 0 Å². The molecule has 1 aromatic heterocycles. The van der Waals surface area contributed by atoms with Crippen LogP contribution in [-0.4, -0.2) is 55.2 Å². The molecule has 7 heteroatoms. The molecule has 0 radical (unpaired) electrons. The average molecular weight is 334 g/mol. The highest BCUT2D eigenvalue weighted by Crippen LogP contribution is 2.26. The lowest BCUT2D eigenvalue weighted by atomic mass is 10.2. The smallest absolute Gasteiger partial charge is 0.175 e. The van der Waals surface area contributed by atoms with Crippen LogP contribution < -0.4 is 5.32 Å². The quantitative estimate of drug-likeness (QED) is 0.834. The van der Waals surface area contributed by atoms with Crippen LogP contribution in [0.15, 0.2) is 29.4 Å². The van der Waals surface area contributed by atoms with Gasteiger partial charge in [0.25, 0.3) is 0 Å². The molecule has 0 atom stereocenters. The third-order valence-corrected chi connectivity index (χ3v) is 5.31. The van der Waals surface area contributed by atoms with E-state index in [4.69, 9.17) is 0 Å². The second-order valence-corrected chi connectivity index (χ2v) is 7.98. The molecule has 0 spiro atoms. The van der Waals surface area contributed by atoms with Crippen molar-refractivity contribution >= 4 is 26.6 Å². The lowest BCUT2D eigenvalue weighted by Crippen LogP contribution is -2.31. The van der Waals surface area contributed by atoms with E-state index in [0.29, 0.717) is 5.82 Å². The number of hydrogen-bond donors (Lipinski definition) is 1. The van der Waals surface area contributed by atoms with E-state index in [1.807, 2.05) is 0 Å². The van der Waals surface area contributed by atoms with E-state index < -0.39 is 9.84 Å². The normalized spacial score (nSPS) is 15.3. The average Bonchev–Trinajstić information content (AvgIpc) is 3.35. The molecule has 0 aliphatic heterocycles. The zero-order valence-electron chi connectivity index (χ0n) is 13.5. The minimum Gasteiger partial charge on any atom is -0.368 e. The fourth-order valence-electron chi connectivity index (χ4n) is 2.76. The summed E-state index contributed by atoms with van der Waals surface area (Å²) in [5, 5.41) is 4.07. The fraction of sp³-hybridized carbons (Fsp3) is 0.500. The Hall–Kier alpha value is -1.73. The van der Waals surface area contributed by atoms with Crippen molar-refractivity contribution in [3.8, 4) is 0 Å². The molecule has 1 saturated carbocycles. The zero-order valence-corrected chi connectivity index (χ0v) is 14.3. The Morgan fingerprint density at radius 1 is 1.30 bits per heavy atom. The molecule has 1 aromatic carbocycles. The van der Waals surface area contributed by atoms with Crippen LogP contribution in [0.1, 0.15) is 19.8 Å². The number of likely N-dealkylation sites (N-methyl/N-ethyl adjacent to an activating group) is 1. The number of hydrogen-bond acceptors (Lipinski definition) is 6. The van der Waals surface area contributed by atoms with Gasteiger partial charge in [0.15, 0.2) is 9.84 Å². The lowest BCUT2D eigenvalue weighted by molar-refractivity contribution is 0.289. The number of sulfone groups is 1. The predicted octanol–water partition coefficient (Wildman–Crippen LogP) is 1.93. The second kappa shape index (κ2) is 6.41. The molecule has 0 amide bonds. The summed E-state index contributed by atoms with van der Waals surface area (Å²) in [6.07, 6.45) is 5.30. The predicted molar refractivity (Wildman–Crippen MR) is 91.4 cm³/mol. The molecule has 2 aromatic rings. The molecule has 0 saturated heterocycles. The maximum absolute atomic E-state index is 11.7. The lowest BCUT2D eigenvalue weighted by Gasteiger charge is -2.20. The first-order valence-corrected chi connectivity index (χ1v) is 9.81. The monoisotopic (exact) mass is 334 g/mol. The first kappa shape index (κ1) is 16.1. The first-order chi connectivity index (χ1) is 11.0. The van der Waals surface area contributed by atoms with Crippen LogP contribution in [0.5, 0.6) is 0 Å². The number of benzene rings is 1. The summed E-state index contributed by atoms with van der Waals surface area (Å²) < 4.78 is 23.5. The molecule has 1 heterocycles. The van der Waals surface area contributed by atoms with E-state index in [1.54, 1.807) is 18.2 Å². The molecule has 1 fully saturated rings. The summed E-state index contributed by atoms with van der Waals surface area (Å²) in [6, 6.07) is 5.69. The van der Waals surface area contributed by atoms with Crippen LogP contribution in [-0.2, 0) is 9.84 Å². The Bertz CT molecular complexity index is 803. The van der Waals surface area contributed by atoms with Gasteiger partial charge in [-0.1, -0.05) is 6.92 Å². The van der Waals surface area contributed by atoms with Crippen LogP contribution in [0.2, 0.25) is 0 Å². The van der Waals surface area contributed by atoms with Gasteiger partial charge in [0.2, 0.25) is 0 Å². The van der Waals surface area contributed by atoms with Gasteiger partial charge in [-0.15, -0.1) is 0 Å². The van der Waals surface area contributed by atoms with Crippen molar-refractivity contribution in [3.63, 3.8) is 0 Å². The van der Waals surface area contributed by atoms with Gasteiger partial charge in [0.1, 0.15) is 12.1 Å². The third kappa shape index (κ3) is 3.79. The number of anilines is 1. The Morgan fingerprint density at radius 3 is 2.74 bits per heavy atom. The molecule has 3 rings (SSSR count). The number of rotatable bonds is 7. The van der Waals surface area contributed by atoms with Crippen LogP contribution in [0.4, 0.5) is 5.82 Å². The maximum Gasteiger partial charge on any atom is 0.175 e. The van der Waals surface area contributed by atoms with Crippen LogP contribution in [0.25, 0.3) is 10.9 Å². The summed E-state index contributed by atoms with van der Waals surface area (Å²) in [7, 11) is -3.24.